The minimum Gasteiger partial charge on any atom is -0.349 e. The molecule has 0 radical (unpaired) electrons. The molecule has 2 heterocycles. The standard InChI is InChI=1S/C21H28FN3O2/c22-15-6-7-18-16(12-15)17(13-19(26)23-18)20(27)24-21(8-2-1-3-9-21)14-25-10-4-5-11-25/h6-7,12,17H,1-5,8-11,13-14H2,(H,23,26)(H,24,27)/t17-/m1/s1. The molecule has 27 heavy (non-hydrogen) atoms. The summed E-state index contributed by atoms with van der Waals surface area (Å²) in [7, 11) is 0. The van der Waals surface area contributed by atoms with Crippen LogP contribution < -0.4 is 10.6 Å². The molecule has 2 fully saturated rings. The minimum absolute atomic E-state index is 0.0715. The number of hydrogen-bond acceptors (Lipinski definition) is 3. The maximum absolute atomic E-state index is 13.8. The second kappa shape index (κ2) is 7.58. The van der Waals surface area contributed by atoms with Gasteiger partial charge in [-0.05, 0) is 62.5 Å². The molecule has 1 aliphatic carbocycles. The summed E-state index contributed by atoms with van der Waals surface area (Å²) in [6, 6.07) is 4.24. The van der Waals surface area contributed by atoms with Crippen LogP contribution in [0, 0.1) is 5.82 Å². The molecule has 2 amide bonds. The van der Waals surface area contributed by atoms with Gasteiger partial charge in [-0.1, -0.05) is 19.3 Å². The monoisotopic (exact) mass is 373 g/mol. The second-order valence-corrected chi connectivity index (χ2v) is 8.35. The molecule has 6 heteroatoms. The Labute approximate surface area is 159 Å². The van der Waals surface area contributed by atoms with E-state index < -0.39 is 5.92 Å². The highest BCUT2D eigenvalue weighted by molar-refractivity contribution is 6.01. The van der Waals surface area contributed by atoms with Crippen LogP contribution in [0.15, 0.2) is 18.2 Å². The van der Waals surface area contributed by atoms with Crippen LogP contribution >= 0.6 is 0 Å². The number of benzene rings is 1. The van der Waals surface area contributed by atoms with Crippen molar-refractivity contribution in [2.45, 2.75) is 62.8 Å². The Balaban J connectivity index is 1.56. The number of anilines is 1. The summed E-state index contributed by atoms with van der Waals surface area (Å²) >= 11 is 0. The van der Waals surface area contributed by atoms with E-state index in [1.165, 1.54) is 31.4 Å². The van der Waals surface area contributed by atoms with Crippen LogP contribution in [0.1, 0.15) is 62.8 Å². The predicted octanol–water partition coefficient (Wildman–Crippen LogP) is 3.17. The Bertz CT molecular complexity index is 724. The summed E-state index contributed by atoms with van der Waals surface area (Å²) in [6.45, 7) is 3.07. The first-order valence-electron chi connectivity index (χ1n) is 10.2. The molecule has 2 aliphatic heterocycles. The number of fused-ring (bicyclic) bond motifs is 1. The summed E-state index contributed by atoms with van der Waals surface area (Å²) in [5, 5.41) is 6.08. The highest BCUT2D eigenvalue weighted by Gasteiger charge is 2.39. The van der Waals surface area contributed by atoms with Gasteiger partial charge in [0.05, 0.1) is 11.5 Å². The van der Waals surface area contributed by atoms with Gasteiger partial charge in [-0.3, -0.25) is 9.59 Å². The van der Waals surface area contributed by atoms with E-state index in [0.29, 0.717) is 11.3 Å². The van der Waals surface area contributed by atoms with Crippen molar-refractivity contribution in [1.29, 1.82) is 0 Å². The molecule has 0 spiro atoms. The quantitative estimate of drug-likeness (QED) is 0.852. The van der Waals surface area contributed by atoms with Gasteiger partial charge >= 0.3 is 0 Å². The molecule has 1 aromatic carbocycles. The molecular formula is C21H28FN3O2. The van der Waals surface area contributed by atoms with Crippen molar-refractivity contribution in [1.82, 2.24) is 10.2 Å². The maximum atomic E-state index is 13.8. The van der Waals surface area contributed by atoms with Crippen molar-refractivity contribution in [3.05, 3.63) is 29.6 Å². The lowest BCUT2D eigenvalue weighted by Crippen LogP contribution is -2.57. The van der Waals surface area contributed by atoms with E-state index in [9.17, 15) is 14.0 Å². The molecule has 146 valence electrons. The van der Waals surface area contributed by atoms with E-state index in [1.54, 1.807) is 6.07 Å². The van der Waals surface area contributed by atoms with E-state index >= 15 is 0 Å². The van der Waals surface area contributed by atoms with Gasteiger partial charge in [0, 0.05) is 18.7 Å². The molecule has 1 saturated carbocycles. The predicted molar refractivity (Wildman–Crippen MR) is 102 cm³/mol. The molecule has 0 unspecified atom stereocenters. The number of carbonyl (C=O) groups is 2. The number of rotatable bonds is 4. The summed E-state index contributed by atoms with van der Waals surface area (Å²) in [4.78, 5) is 27.8. The zero-order valence-electron chi connectivity index (χ0n) is 15.7. The first-order valence-corrected chi connectivity index (χ1v) is 10.2. The van der Waals surface area contributed by atoms with Crippen molar-refractivity contribution < 1.29 is 14.0 Å². The molecule has 0 aromatic heterocycles. The van der Waals surface area contributed by atoms with Gasteiger partial charge in [-0.25, -0.2) is 4.39 Å². The van der Waals surface area contributed by atoms with Crippen molar-refractivity contribution >= 4 is 17.5 Å². The third kappa shape index (κ3) is 4.00. The van der Waals surface area contributed by atoms with Gasteiger partial charge in [-0.2, -0.15) is 0 Å². The maximum Gasteiger partial charge on any atom is 0.228 e. The van der Waals surface area contributed by atoms with Crippen molar-refractivity contribution in [3.8, 4) is 0 Å². The van der Waals surface area contributed by atoms with Crippen LogP contribution in [0.4, 0.5) is 10.1 Å². The zero-order valence-corrected chi connectivity index (χ0v) is 15.7. The number of carbonyl (C=O) groups excluding carboxylic acids is 2. The summed E-state index contributed by atoms with van der Waals surface area (Å²) in [5.74, 6) is -1.33. The number of likely N-dealkylation sites (tertiary alicyclic amines) is 1. The second-order valence-electron chi connectivity index (χ2n) is 8.35. The van der Waals surface area contributed by atoms with E-state index in [1.807, 2.05) is 0 Å². The molecule has 1 atom stereocenters. The molecule has 3 aliphatic rings. The van der Waals surface area contributed by atoms with Crippen LogP contribution in [0.2, 0.25) is 0 Å². The topological polar surface area (TPSA) is 61.4 Å². The fourth-order valence-corrected chi connectivity index (χ4v) is 4.93. The summed E-state index contributed by atoms with van der Waals surface area (Å²) < 4.78 is 13.8. The molecular weight excluding hydrogens is 345 g/mol. The lowest BCUT2D eigenvalue weighted by molar-refractivity contribution is -0.128. The summed E-state index contributed by atoms with van der Waals surface area (Å²) in [6.07, 6.45) is 7.90. The highest BCUT2D eigenvalue weighted by atomic mass is 19.1. The number of amides is 2. The van der Waals surface area contributed by atoms with Gasteiger partial charge in [0.2, 0.25) is 11.8 Å². The van der Waals surface area contributed by atoms with Gasteiger partial charge < -0.3 is 15.5 Å². The molecule has 1 saturated heterocycles. The van der Waals surface area contributed by atoms with Gasteiger partial charge in [0.15, 0.2) is 0 Å². The molecule has 4 rings (SSSR count). The number of halogens is 1. The van der Waals surface area contributed by atoms with Crippen LogP contribution in [0.3, 0.4) is 0 Å². The number of hydrogen-bond donors (Lipinski definition) is 2. The molecule has 0 bridgehead atoms. The Morgan fingerprint density at radius 3 is 2.67 bits per heavy atom. The normalized spacial score (nSPS) is 24.9. The Hall–Kier alpha value is -1.95. The largest absolute Gasteiger partial charge is 0.349 e. The number of nitrogens with zero attached hydrogens (tertiary/aromatic N) is 1. The van der Waals surface area contributed by atoms with Gasteiger partial charge in [0.25, 0.3) is 0 Å². The Morgan fingerprint density at radius 2 is 1.93 bits per heavy atom. The first-order chi connectivity index (χ1) is 13.0. The fraction of sp³-hybridized carbons (Fsp3) is 0.619. The summed E-state index contributed by atoms with van der Waals surface area (Å²) in [5.41, 5.74) is 0.908. The van der Waals surface area contributed by atoms with E-state index in [4.69, 9.17) is 0 Å². The Kier molecular flexibility index (Phi) is 5.17. The SMILES string of the molecule is O=C1C[C@@H](C(=O)NC2(CN3CCCC3)CCCCC2)c2cc(F)ccc2N1. The van der Waals surface area contributed by atoms with Crippen molar-refractivity contribution in [2.75, 3.05) is 25.0 Å². The van der Waals surface area contributed by atoms with E-state index in [-0.39, 0.29) is 29.6 Å². The zero-order chi connectivity index (χ0) is 18.9. The average Bonchev–Trinajstić information content (AvgIpc) is 3.14. The van der Waals surface area contributed by atoms with E-state index in [2.05, 4.69) is 15.5 Å². The minimum atomic E-state index is -0.623. The van der Waals surface area contributed by atoms with E-state index in [0.717, 1.165) is 45.3 Å². The van der Waals surface area contributed by atoms with Crippen LogP contribution in [0.5, 0.6) is 0 Å². The smallest absolute Gasteiger partial charge is 0.228 e. The molecule has 2 N–H and O–H groups in total. The highest BCUT2D eigenvalue weighted by Crippen LogP contribution is 2.35. The average molecular weight is 373 g/mol. The van der Waals surface area contributed by atoms with Crippen molar-refractivity contribution in [2.24, 2.45) is 0 Å². The third-order valence-corrected chi connectivity index (χ3v) is 6.29. The van der Waals surface area contributed by atoms with Crippen LogP contribution in [-0.2, 0) is 9.59 Å². The van der Waals surface area contributed by atoms with Gasteiger partial charge in [0.1, 0.15) is 5.82 Å². The third-order valence-electron chi connectivity index (χ3n) is 6.29. The fourth-order valence-electron chi connectivity index (χ4n) is 4.93. The first kappa shape index (κ1) is 18.4. The molecule has 5 nitrogen and oxygen atoms in total. The van der Waals surface area contributed by atoms with Crippen LogP contribution in [0.25, 0.3) is 0 Å². The lowest BCUT2D eigenvalue weighted by atomic mass is 9.80. The molecule has 1 aromatic rings. The number of nitrogens with one attached hydrogen (secondary N) is 2. The Morgan fingerprint density at radius 1 is 1.19 bits per heavy atom. The lowest BCUT2D eigenvalue weighted by Gasteiger charge is -2.42. The van der Waals surface area contributed by atoms with Crippen molar-refractivity contribution in [3.63, 3.8) is 0 Å². The van der Waals surface area contributed by atoms with Gasteiger partial charge in [-0.15, -0.1) is 0 Å². The van der Waals surface area contributed by atoms with Crippen LogP contribution in [-0.4, -0.2) is 41.9 Å².